The summed E-state index contributed by atoms with van der Waals surface area (Å²) in [7, 11) is 2.12. The van der Waals surface area contributed by atoms with Crippen molar-refractivity contribution in [2.75, 3.05) is 31.6 Å². The van der Waals surface area contributed by atoms with Crippen molar-refractivity contribution in [3.05, 3.63) is 17.0 Å². The van der Waals surface area contributed by atoms with Gasteiger partial charge < -0.3 is 14.9 Å². The summed E-state index contributed by atoms with van der Waals surface area (Å²) in [6, 6.07) is 4.11. The van der Waals surface area contributed by atoms with E-state index in [-0.39, 0.29) is 0 Å². The Bertz CT molecular complexity index is 391. The van der Waals surface area contributed by atoms with E-state index in [1.807, 2.05) is 6.07 Å². The van der Waals surface area contributed by atoms with Crippen LogP contribution in [0.1, 0.15) is 16.6 Å². The summed E-state index contributed by atoms with van der Waals surface area (Å²) in [5, 5.41) is 9.94. The molecule has 1 fully saturated rings. The van der Waals surface area contributed by atoms with E-state index < -0.39 is 5.97 Å². The number of carboxylic acids is 1. The molecule has 4 nitrogen and oxygen atoms in total. The molecule has 0 bridgehead atoms. The van der Waals surface area contributed by atoms with Crippen LogP contribution in [-0.4, -0.2) is 48.7 Å². The van der Waals surface area contributed by atoms with Gasteiger partial charge in [-0.1, -0.05) is 0 Å². The number of anilines is 1. The molecule has 0 radical (unpaired) electrons. The standard InChI is InChI=1S/C11H16N2O2S/c1-8-7-13(6-5-12(8)2)10-4-3-9(16-10)11(14)15/h3-4,8H,5-7H2,1-2H3,(H,14,15). The van der Waals surface area contributed by atoms with Gasteiger partial charge in [0.25, 0.3) is 0 Å². The van der Waals surface area contributed by atoms with Gasteiger partial charge in [-0.15, -0.1) is 11.3 Å². The van der Waals surface area contributed by atoms with Crippen molar-refractivity contribution in [3.8, 4) is 0 Å². The predicted octanol–water partition coefficient (Wildman–Crippen LogP) is 1.59. The molecular weight excluding hydrogens is 224 g/mol. The SMILES string of the molecule is CC1CN(c2ccc(C(=O)O)s2)CCN1C. The molecule has 16 heavy (non-hydrogen) atoms. The van der Waals surface area contributed by atoms with Gasteiger partial charge in [0.2, 0.25) is 0 Å². The number of thiophene rings is 1. The number of likely N-dealkylation sites (N-methyl/N-ethyl adjacent to an activating group) is 1. The lowest BCUT2D eigenvalue weighted by atomic mass is 10.2. The molecule has 1 atom stereocenters. The molecule has 5 heteroatoms. The lowest BCUT2D eigenvalue weighted by molar-refractivity contribution is 0.0702. The third kappa shape index (κ3) is 2.20. The van der Waals surface area contributed by atoms with E-state index in [9.17, 15) is 4.79 Å². The van der Waals surface area contributed by atoms with Gasteiger partial charge in [-0.2, -0.15) is 0 Å². The van der Waals surface area contributed by atoms with Crippen LogP contribution in [0.25, 0.3) is 0 Å². The fraction of sp³-hybridized carbons (Fsp3) is 0.545. The van der Waals surface area contributed by atoms with Crippen LogP contribution in [0.5, 0.6) is 0 Å². The van der Waals surface area contributed by atoms with Crippen LogP contribution in [0.3, 0.4) is 0 Å². The molecule has 1 N–H and O–H groups in total. The second-order valence-corrected chi connectivity index (χ2v) is 5.28. The fourth-order valence-corrected chi connectivity index (χ4v) is 2.74. The Kier molecular flexibility index (Phi) is 3.16. The van der Waals surface area contributed by atoms with Crippen molar-refractivity contribution < 1.29 is 9.90 Å². The highest BCUT2D eigenvalue weighted by Crippen LogP contribution is 2.27. The topological polar surface area (TPSA) is 43.8 Å². The zero-order valence-corrected chi connectivity index (χ0v) is 10.3. The highest BCUT2D eigenvalue weighted by atomic mass is 32.1. The molecule has 1 unspecified atom stereocenters. The quantitative estimate of drug-likeness (QED) is 0.852. The van der Waals surface area contributed by atoms with Crippen molar-refractivity contribution in [1.82, 2.24) is 4.90 Å². The molecule has 1 aliphatic heterocycles. The van der Waals surface area contributed by atoms with Crippen molar-refractivity contribution in [2.24, 2.45) is 0 Å². The Labute approximate surface area is 99.1 Å². The van der Waals surface area contributed by atoms with E-state index in [0.29, 0.717) is 10.9 Å². The number of hydrogen-bond acceptors (Lipinski definition) is 4. The largest absolute Gasteiger partial charge is 0.477 e. The summed E-state index contributed by atoms with van der Waals surface area (Å²) in [6.45, 7) is 5.16. The van der Waals surface area contributed by atoms with Crippen LogP contribution >= 0.6 is 11.3 Å². The number of piperazine rings is 1. The Hall–Kier alpha value is -1.07. The third-order valence-electron chi connectivity index (χ3n) is 3.07. The summed E-state index contributed by atoms with van der Waals surface area (Å²) in [5.41, 5.74) is 0. The first kappa shape index (κ1) is 11.4. The molecule has 1 aromatic heterocycles. The maximum atomic E-state index is 10.8. The summed E-state index contributed by atoms with van der Waals surface area (Å²) in [6.07, 6.45) is 0. The molecule has 0 amide bonds. The maximum absolute atomic E-state index is 10.8. The van der Waals surface area contributed by atoms with E-state index >= 15 is 0 Å². The zero-order valence-electron chi connectivity index (χ0n) is 9.51. The van der Waals surface area contributed by atoms with Crippen molar-refractivity contribution in [3.63, 3.8) is 0 Å². The van der Waals surface area contributed by atoms with Gasteiger partial charge in [0, 0.05) is 25.7 Å². The summed E-state index contributed by atoms with van der Waals surface area (Å²) in [4.78, 5) is 15.8. The average molecular weight is 240 g/mol. The normalized spacial score (nSPS) is 22.4. The van der Waals surface area contributed by atoms with Crippen LogP contribution in [0.2, 0.25) is 0 Å². The lowest BCUT2D eigenvalue weighted by Crippen LogP contribution is -2.49. The highest BCUT2D eigenvalue weighted by Gasteiger charge is 2.22. The van der Waals surface area contributed by atoms with Crippen LogP contribution < -0.4 is 4.90 Å². The average Bonchev–Trinajstić information content (AvgIpc) is 2.71. The molecule has 1 saturated heterocycles. The monoisotopic (exact) mass is 240 g/mol. The van der Waals surface area contributed by atoms with Gasteiger partial charge >= 0.3 is 5.97 Å². The number of carboxylic acid groups (broad SMARTS) is 1. The van der Waals surface area contributed by atoms with Gasteiger partial charge in [-0.3, -0.25) is 0 Å². The molecule has 0 aromatic carbocycles. The van der Waals surface area contributed by atoms with Gasteiger partial charge in [0.1, 0.15) is 4.88 Å². The molecule has 88 valence electrons. The first-order chi connectivity index (χ1) is 7.58. The maximum Gasteiger partial charge on any atom is 0.345 e. The minimum Gasteiger partial charge on any atom is -0.477 e. The van der Waals surface area contributed by atoms with E-state index in [1.54, 1.807) is 6.07 Å². The first-order valence-corrected chi connectivity index (χ1v) is 6.18. The number of rotatable bonds is 2. The molecule has 1 aliphatic rings. The Morgan fingerprint density at radius 2 is 2.25 bits per heavy atom. The molecule has 2 heterocycles. The number of carbonyl (C=O) groups is 1. The molecule has 0 aliphatic carbocycles. The minimum atomic E-state index is -0.835. The Balaban J connectivity index is 2.09. The zero-order chi connectivity index (χ0) is 11.7. The van der Waals surface area contributed by atoms with E-state index in [4.69, 9.17) is 5.11 Å². The second-order valence-electron chi connectivity index (χ2n) is 4.22. The molecule has 2 rings (SSSR count). The smallest absolute Gasteiger partial charge is 0.345 e. The van der Waals surface area contributed by atoms with Crippen molar-refractivity contribution in [2.45, 2.75) is 13.0 Å². The van der Waals surface area contributed by atoms with Crippen molar-refractivity contribution >= 4 is 22.3 Å². The van der Waals surface area contributed by atoms with E-state index in [0.717, 1.165) is 24.6 Å². The molecule has 1 aromatic rings. The minimum absolute atomic E-state index is 0.418. The van der Waals surface area contributed by atoms with Gasteiger partial charge in [-0.05, 0) is 26.1 Å². The summed E-state index contributed by atoms with van der Waals surface area (Å²) in [5.74, 6) is -0.835. The predicted molar refractivity (Wildman–Crippen MR) is 65.6 cm³/mol. The molecule has 0 saturated carbocycles. The summed E-state index contributed by atoms with van der Waals surface area (Å²) < 4.78 is 0. The number of hydrogen-bond donors (Lipinski definition) is 1. The number of aromatic carboxylic acids is 1. The van der Waals surface area contributed by atoms with E-state index in [1.165, 1.54) is 11.3 Å². The fourth-order valence-electron chi connectivity index (χ4n) is 1.86. The Morgan fingerprint density at radius 1 is 1.50 bits per heavy atom. The van der Waals surface area contributed by atoms with E-state index in [2.05, 4.69) is 23.8 Å². The van der Waals surface area contributed by atoms with Crippen LogP contribution in [0, 0.1) is 0 Å². The first-order valence-electron chi connectivity index (χ1n) is 5.36. The highest BCUT2D eigenvalue weighted by molar-refractivity contribution is 7.17. The second kappa shape index (κ2) is 4.43. The lowest BCUT2D eigenvalue weighted by Gasteiger charge is -2.38. The Morgan fingerprint density at radius 3 is 2.81 bits per heavy atom. The summed E-state index contributed by atoms with van der Waals surface area (Å²) >= 11 is 1.36. The molecular formula is C11H16N2O2S. The van der Waals surface area contributed by atoms with Crippen LogP contribution in [-0.2, 0) is 0 Å². The number of nitrogens with zero attached hydrogens (tertiary/aromatic N) is 2. The van der Waals surface area contributed by atoms with Gasteiger partial charge in [-0.25, -0.2) is 4.79 Å². The van der Waals surface area contributed by atoms with Gasteiger partial charge in [0.05, 0.1) is 5.00 Å². The van der Waals surface area contributed by atoms with Crippen LogP contribution in [0.15, 0.2) is 12.1 Å². The van der Waals surface area contributed by atoms with Crippen molar-refractivity contribution in [1.29, 1.82) is 0 Å². The third-order valence-corrected chi connectivity index (χ3v) is 4.21. The van der Waals surface area contributed by atoms with Gasteiger partial charge in [0.15, 0.2) is 0 Å². The van der Waals surface area contributed by atoms with Crippen LogP contribution in [0.4, 0.5) is 5.00 Å². The molecule has 0 spiro atoms.